The summed E-state index contributed by atoms with van der Waals surface area (Å²) in [5.41, 5.74) is 7.33. The Morgan fingerprint density at radius 3 is 1.18 bits per heavy atom. The third-order valence-corrected chi connectivity index (χ3v) is 9.27. The summed E-state index contributed by atoms with van der Waals surface area (Å²) >= 11 is -0.826. The molecule has 0 saturated carbocycles. The van der Waals surface area contributed by atoms with Gasteiger partial charge in [-0.15, -0.1) is 57.9 Å². The molecular formula is C46H30Cl2O2Zr. The summed E-state index contributed by atoms with van der Waals surface area (Å²) in [5, 5.41) is 10.1. The molecule has 0 saturated heterocycles. The zero-order valence-corrected chi connectivity index (χ0v) is 31.4. The van der Waals surface area contributed by atoms with E-state index in [1.54, 1.807) is 12.5 Å². The molecule has 0 aliphatic heterocycles. The van der Waals surface area contributed by atoms with Crippen molar-refractivity contribution >= 4 is 60.1 Å². The van der Waals surface area contributed by atoms with Gasteiger partial charge in [-0.1, -0.05) is 144 Å². The summed E-state index contributed by atoms with van der Waals surface area (Å²) in [5.74, 6) is 1.82. The molecule has 0 bridgehead atoms. The predicted octanol–water partition coefficient (Wildman–Crippen LogP) is 14.7. The molecule has 2 nitrogen and oxygen atoms in total. The van der Waals surface area contributed by atoms with Crippen LogP contribution in [0.25, 0.3) is 88.0 Å². The second-order valence-corrected chi connectivity index (χ2v) is 15.9. The molecule has 0 unspecified atom stereocenters. The monoisotopic (exact) mass is 774 g/mol. The molecule has 0 spiro atoms. The van der Waals surface area contributed by atoms with Gasteiger partial charge in [0.05, 0.1) is 24.0 Å². The Bertz CT molecular complexity index is 2500. The van der Waals surface area contributed by atoms with Gasteiger partial charge in [-0.05, 0) is 44.8 Å². The van der Waals surface area contributed by atoms with E-state index in [1.807, 2.05) is 24.3 Å². The van der Waals surface area contributed by atoms with Gasteiger partial charge in [-0.3, -0.25) is 0 Å². The van der Waals surface area contributed by atoms with Gasteiger partial charge < -0.3 is 8.83 Å². The molecule has 2 aromatic heterocycles. The second kappa shape index (κ2) is 15.1. The van der Waals surface area contributed by atoms with Crippen LogP contribution in [0.1, 0.15) is 0 Å². The van der Waals surface area contributed by atoms with Crippen LogP contribution in [0, 0.1) is 0 Å². The van der Waals surface area contributed by atoms with Gasteiger partial charge in [0.1, 0.15) is 0 Å². The Kier molecular flexibility index (Phi) is 9.86. The van der Waals surface area contributed by atoms with Crippen molar-refractivity contribution in [2.75, 3.05) is 0 Å². The number of halogens is 2. The van der Waals surface area contributed by atoms with Gasteiger partial charge in [0.25, 0.3) is 0 Å². The summed E-state index contributed by atoms with van der Waals surface area (Å²) in [6, 6.07) is 59.8. The van der Waals surface area contributed by atoms with Crippen molar-refractivity contribution in [3.8, 4) is 44.9 Å². The molecule has 10 rings (SSSR count). The zero-order chi connectivity index (χ0) is 34.6. The molecule has 51 heavy (non-hydrogen) atoms. The van der Waals surface area contributed by atoms with Crippen LogP contribution in [0.5, 0.6) is 0 Å². The maximum absolute atomic E-state index is 5.56. The Labute approximate surface area is 314 Å². The Balaban J connectivity index is 0.000000136. The predicted molar refractivity (Wildman–Crippen MR) is 212 cm³/mol. The molecule has 0 amide bonds. The number of fused-ring (bicyclic) bond motifs is 4. The van der Waals surface area contributed by atoms with Crippen LogP contribution in [0.2, 0.25) is 0 Å². The van der Waals surface area contributed by atoms with Gasteiger partial charge in [0, 0.05) is 0 Å². The first-order chi connectivity index (χ1) is 25.2. The number of rotatable bonds is 4. The van der Waals surface area contributed by atoms with Crippen molar-refractivity contribution in [2.24, 2.45) is 0 Å². The van der Waals surface area contributed by atoms with Gasteiger partial charge in [0.15, 0.2) is 0 Å². The number of hydrogen-bond donors (Lipinski definition) is 0. The molecule has 10 aromatic rings. The minimum absolute atomic E-state index is 0.826. The standard InChI is InChI=1S/2C23H15O.2ClH.Zr/c2*1-2-9-19-16(6-1)7-3-10-20(19)21-11-4-8-17-14-18(15-22(17)21)23-12-5-13-24-23;;;/h2*1-15H;2*1H;/q2*-1;;;+4/p-2. The van der Waals surface area contributed by atoms with Crippen molar-refractivity contribution < 1.29 is 29.7 Å². The summed E-state index contributed by atoms with van der Waals surface area (Å²) in [7, 11) is 9.87. The van der Waals surface area contributed by atoms with Crippen LogP contribution in [0.3, 0.4) is 0 Å². The van der Waals surface area contributed by atoms with Crippen molar-refractivity contribution in [3.05, 3.63) is 182 Å². The van der Waals surface area contributed by atoms with Crippen LogP contribution in [-0.4, -0.2) is 0 Å². The maximum atomic E-state index is 5.56. The molecule has 244 valence electrons. The van der Waals surface area contributed by atoms with E-state index in [1.165, 1.54) is 65.3 Å². The molecule has 2 heterocycles. The van der Waals surface area contributed by atoms with E-state index < -0.39 is 20.8 Å². The van der Waals surface area contributed by atoms with E-state index in [4.69, 9.17) is 25.9 Å². The summed E-state index contributed by atoms with van der Waals surface area (Å²) in [6.07, 6.45) is 3.44. The van der Waals surface area contributed by atoms with E-state index in [0.717, 1.165) is 22.6 Å². The van der Waals surface area contributed by atoms with E-state index in [2.05, 4.69) is 146 Å². The average Bonchev–Trinajstić information content (AvgIpc) is 4.01. The SMILES string of the molecule is [Cl][Zr+2][Cl].c1coc(-c2cc3c(-c4cccc5ccccc45)cccc3[cH-]2)c1.c1coc(-c2cc3c(-c4cccc5ccccc45)cccc3[cH-]2)c1. The molecule has 8 aromatic carbocycles. The minimum Gasteiger partial charge on any atom is -0.499 e. The maximum Gasteiger partial charge on any atom is 0.0796 e. The largest absolute Gasteiger partial charge is 0.499 e. The number of hydrogen-bond acceptors (Lipinski definition) is 2. The quantitative estimate of drug-likeness (QED) is 0.166. The van der Waals surface area contributed by atoms with Crippen LogP contribution in [0.4, 0.5) is 0 Å². The first kappa shape index (κ1) is 33.2. The topological polar surface area (TPSA) is 26.3 Å². The normalized spacial score (nSPS) is 10.9. The third kappa shape index (κ3) is 6.78. The molecule has 0 N–H and O–H groups in total. The molecule has 0 aliphatic carbocycles. The van der Waals surface area contributed by atoms with E-state index in [-0.39, 0.29) is 0 Å². The van der Waals surface area contributed by atoms with Gasteiger partial charge in [-0.2, -0.15) is 0 Å². The molecule has 5 heteroatoms. The van der Waals surface area contributed by atoms with E-state index >= 15 is 0 Å². The molecule has 0 atom stereocenters. The van der Waals surface area contributed by atoms with Gasteiger partial charge >= 0.3 is 37.9 Å². The minimum atomic E-state index is -0.826. The van der Waals surface area contributed by atoms with Crippen molar-refractivity contribution in [1.29, 1.82) is 0 Å². The Hall–Kier alpha value is -4.92. The summed E-state index contributed by atoms with van der Waals surface area (Å²) < 4.78 is 11.1. The fraction of sp³-hybridized carbons (Fsp3) is 0. The van der Waals surface area contributed by atoms with Crippen molar-refractivity contribution in [2.45, 2.75) is 0 Å². The van der Waals surface area contributed by atoms with E-state index in [9.17, 15) is 0 Å². The van der Waals surface area contributed by atoms with Crippen LogP contribution in [-0.2, 0) is 20.8 Å². The zero-order valence-electron chi connectivity index (χ0n) is 27.4. The summed E-state index contributed by atoms with van der Waals surface area (Å²) in [6.45, 7) is 0. The van der Waals surface area contributed by atoms with Gasteiger partial charge in [0.2, 0.25) is 0 Å². The fourth-order valence-electron chi connectivity index (χ4n) is 7.03. The third-order valence-electron chi connectivity index (χ3n) is 9.27. The van der Waals surface area contributed by atoms with Crippen LogP contribution >= 0.6 is 17.0 Å². The van der Waals surface area contributed by atoms with E-state index in [0.29, 0.717) is 0 Å². The summed E-state index contributed by atoms with van der Waals surface area (Å²) in [4.78, 5) is 0. The van der Waals surface area contributed by atoms with Gasteiger partial charge in [-0.25, -0.2) is 0 Å². The molecule has 0 fully saturated rings. The Morgan fingerprint density at radius 2 is 0.765 bits per heavy atom. The number of furan rings is 2. The molecule has 0 radical (unpaired) electrons. The molecule has 0 aliphatic rings. The molecular weight excluding hydrogens is 747 g/mol. The first-order valence-electron chi connectivity index (χ1n) is 16.6. The van der Waals surface area contributed by atoms with Crippen molar-refractivity contribution in [3.63, 3.8) is 0 Å². The van der Waals surface area contributed by atoms with Crippen molar-refractivity contribution in [1.82, 2.24) is 0 Å². The van der Waals surface area contributed by atoms with Crippen LogP contribution in [0.15, 0.2) is 191 Å². The average molecular weight is 777 g/mol. The first-order valence-corrected chi connectivity index (χ1v) is 22.9. The smallest absolute Gasteiger partial charge is 0.0796 e. The second-order valence-electron chi connectivity index (χ2n) is 12.2. The van der Waals surface area contributed by atoms with Crippen LogP contribution < -0.4 is 0 Å². The fourth-order valence-corrected chi connectivity index (χ4v) is 7.03. The Morgan fingerprint density at radius 1 is 0.392 bits per heavy atom. The number of benzene rings is 6.